The summed E-state index contributed by atoms with van der Waals surface area (Å²) < 4.78 is 0. The summed E-state index contributed by atoms with van der Waals surface area (Å²) in [5, 5.41) is 22.7. The zero-order valence-corrected chi connectivity index (χ0v) is 10.1. The average molecular weight is 231 g/mol. The Morgan fingerprint density at radius 2 is 2.06 bits per heavy atom. The zero-order chi connectivity index (χ0) is 12.3. The van der Waals surface area contributed by atoms with Crippen LogP contribution in [0.2, 0.25) is 0 Å². The number of aromatic nitrogens is 2. The van der Waals surface area contributed by atoms with Gasteiger partial charge in [-0.15, -0.1) is 5.10 Å². The number of fused-ring (bicyclic) bond motifs is 1. The van der Waals surface area contributed by atoms with Crippen molar-refractivity contribution in [2.45, 2.75) is 19.9 Å². The van der Waals surface area contributed by atoms with Crippen LogP contribution in [0.3, 0.4) is 0 Å². The van der Waals surface area contributed by atoms with Gasteiger partial charge in [-0.05, 0) is 5.92 Å². The van der Waals surface area contributed by atoms with Crippen LogP contribution in [0.25, 0.3) is 10.8 Å². The molecule has 1 aromatic carbocycles. The normalized spacial score (nSPS) is 12.9. The van der Waals surface area contributed by atoms with Crippen LogP contribution in [-0.2, 0) is 0 Å². The lowest BCUT2D eigenvalue weighted by Crippen LogP contribution is -2.30. The van der Waals surface area contributed by atoms with Crippen LogP contribution < -0.4 is 5.32 Å². The molecular weight excluding hydrogens is 214 g/mol. The summed E-state index contributed by atoms with van der Waals surface area (Å²) >= 11 is 0. The summed E-state index contributed by atoms with van der Waals surface area (Å²) in [5.41, 5.74) is 0. The Bertz CT molecular complexity index is 493. The summed E-state index contributed by atoms with van der Waals surface area (Å²) in [5.74, 6) is 1.07. The predicted octanol–water partition coefficient (Wildman–Crippen LogP) is 2.06. The summed E-state index contributed by atoms with van der Waals surface area (Å²) in [6.07, 6.45) is 1.74. The second-order valence-corrected chi connectivity index (χ2v) is 4.46. The lowest BCUT2D eigenvalue weighted by molar-refractivity contribution is 0.249. The number of anilines is 1. The van der Waals surface area contributed by atoms with Crippen molar-refractivity contribution in [1.82, 2.24) is 10.2 Å². The molecule has 0 bridgehead atoms. The van der Waals surface area contributed by atoms with Crippen molar-refractivity contribution in [3.63, 3.8) is 0 Å². The molecule has 0 aliphatic carbocycles. The Hall–Kier alpha value is -1.68. The van der Waals surface area contributed by atoms with Crippen molar-refractivity contribution >= 4 is 16.6 Å². The van der Waals surface area contributed by atoms with Crippen molar-refractivity contribution in [2.24, 2.45) is 5.92 Å². The Morgan fingerprint density at radius 1 is 1.29 bits per heavy atom. The molecule has 0 saturated carbocycles. The minimum atomic E-state index is -0.00453. The molecule has 0 radical (unpaired) electrons. The molecule has 4 nitrogen and oxygen atoms in total. The first-order chi connectivity index (χ1) is 8.22. The summed E-state index contributed by atoms with van der Waals surface area (Å²) in [6, 6.07) is 7.94. The second kappa shape index (κ2) is 5.10. The average Bonchev–Trinajstić information content (AvgIpc) is 2.35. The van der Waals surface area contributed by atoms with E-state index < -0.39 is 0 Å². The lowest BCUT2D eigenvalue weighted by Gasteiger charge is -2.20. The van der Waals surface area contributed by atoms with Crippen LogP contribution in [0.4, 0.5) is 5.82 Å². The van der Waals surface area contributed by atoms with E-state index in [1.165, 1.54) is 0 Å². The van der Waals surface area contributed by atoms with E-state index in [2.05, 4.69) is 29.4 Å². The van der Waals surface area contributed by atoms with Crippen LogP contribution >= 0.6 is 0 Å². The second-order valence-electron chi connectivity index (χ2n) is 4.46. The Kier molecular flexibility index (Phi) is 3.54. The number of rotatable bonds is 4. The molecular formula is C13H17N3O. The van der Waals surface area contributed by atoms with E-state index in [-0.39, 0.29) is 12.6 Å². The van der Waals surface area contributed by atoms with E-state index in [0.29, 0.717) is 5.92 Å². The molecule has 4 heteroatoms. The third-order valence-electron chi connectivity index (χ3n) is 2.89. The van der Waals surface area contributed by atoms with Gasteiger partial charge in [-0.3, -0.25) is 0 Å². The lowest BCUT2D eigenvalue weighted by atomic mass is 10.1. The first-order valence-electron chi connectivity index (χ1n) is 5.80. The van der Waals surface area contributed by atoms with E-state index >= 15 is 0 Å². The minimum absolute atomic E-state index is 0.00453. The fraction of sp³-hybridized carbons (Fsp3) is 0.385. The van der Waals surface area contributed by atoms with Crippen molar-refractivity contribution in [1.29, 1.82) is 0 Å². The van der Waals surface area contributed by atoms with Crippen LogP contribution in [0.5, 0.6) is 0 Å². The molecule has 0 saturated heterocycles. The maximum absolute atomic E-state index is 9.32. The maximum atomic E-state index is 9.32. The first kappa shape index (κ1) is 11.8. The monoisotopic (exact) mass is 231 g/mol. The van der Waals surface area contributed by atoms with E-state index in [1.54, 1.807) is 6.20 Å². The van der Waals surface area contributed by atoms with E-state index in [4.69, 9.17) is 0 Å². The van der Waals surface area contributed by atoms with Gasteiger partial charge in [0.15, 0.2) is 5.82 Å². The summed E-state index contributed by atoms with van der Waals surface area (Å²) in [4.78, 5) is 0. The number of aliphatic hydroxyl groups excluding tert-OH is 1. The van der Waals surface area contributed by atoms with Crippen LogP contribution in [0.1, 0.15) is 13.8 Å². The van der Waals surface area contributed by atoms with E-state index in [0.717, 1.165) is 16.6 Å². The third-order valence-corrected chi connectivity index (χ3v) is 2.89. The van der Waals surface area contributed by atoms with Crippen LogP contribution in [0, 0.1) is 5.92 Å². The highest BCUT2D eigenvalue weighted by Crippen LogP contribution is 2.21. The molecule has 1 aromatic heterocycles. The molecule has 1 heterocycles. The molecule has 0 unspecified atom stereocenters. The standard InChI is InChI=1S/C13H17N3O/c1-9(2)12(8-17)15-13-11-6-4-3-5-10(11)7-14-16-13/h3-7,9,12,17H,8H2,1-2H3,(H,15,16)/t12-/m1/s1. The minimum Gasteiger partial charge on any atom is -0.394 e. The number of benzene rings is 1. The fourth-order valence-corrected chi connectivity index (χ4v) is 1.73. The zero-order valence-electron chi connectivity index (χ0n) is 10.1. The van der Waals surface area contributed by atoms with Gasteiger partial charge in [0.05, 0.1) is 18.8 Å². The third kappa shape index (κ3) is 2.53. The molecule has 2 rings (SSSR count). The highest BCUT2D eigenvalue weighted by Gasteiger charge is 2.13. The molecule has 0 aliphatic rings. The van der Waals surface area contributed by atoms with Crippen LogP contribution in [-0.4, -0.2) is 28.0 Å². The summed E-state index contributed by atoms with van der Waals surface area (Å²) in [6.45, 7) is 4.21. The largest absolute Gasteiger partial charge is 0.394 e. The Balaban J connectivity index is 2.35. The number of hydrogen-bond acceptors (Lipinski definition) is 4. The van der Waals surface area contributed by atoms with Crippen LogP contribution in [0.15, 0.2) is 30.5 Å². The number of nitrogens with zero attached hydrogens (tertiary/aromatic N) is 2. The number of hydrogen-bond donors (Lipinski definition) is 2. The van der Waals surface area contributed by atoms with Gasteiger partial charge in [0.1, 0.15) is 0 Å². The van der Waals surface area contributed by atoms with Crippen molar-refractivity contribution in [2.75, 3.05) is 11.9 Å². The van der Waals surface area contributed by atoms with Crippen molar-refractivity contribution < 1.29 is 5.11 Å². The molecule has 0 fully saturated rings. The van der Waals surface area contributed by atoms with Crippen molar-refractivity contribution in [3.8, 4) is 0 Å². The quantitative estimate of drug-likeness (QED) is 0.845. The van der Waals surface area contributed by atoms with Gasteiger partial charge in [-0.2, -0.15) is 5.10 Å². The van der Waals surface area contributed by atoms with Gasteiger partial charge in [0, 0.05) is 10.8 Å². The fourth-order valence-electron chi connectivity index (χ4n) is 1.73. The number of nitrogens with one attached hydrogen (secondary N) is 1. The predicted molar refractivity (Wildman–Crippen MR) is 68.9 cm³/mol. The molecule has 90 valence electrons. The molecule has 17 heavy (non-hydrogen) atoms. The first-order valence-corrected chi connectivity index (χ1v) is 5.80. The maximum Gasteiger partial charge on any atom is 0.156 e. The highest BCUT2D eigenvalue weighted by molar-refractivity contribution is 5.90. The Morgan fingerprint density at radius 3 is 2.76 bits per heavy atom. The SMILES string of the molecule is CC(C)[C@@H](CO)Nc1nncc2ccccc12. The molecule has 0 amide bonds. The molecule has 0 aliphatic heterocycles. The summed E-state index contributed by atoms with van der Waals surface area (Å²) in [7, 11) is 0. The van der Waals surface area contributed by atoms with Crippen molar-refractivity contribution in [3.05, 3.63) is 30.5 Å². The van der Waals surface area contributed by atoms with E-state index in [9.17, 15) is 5.11 Å². The smallest absolute Gasteiger partial charge is 0.156 e. The number of aliphatic hydroxyl groups is 1. The van der Waals surface area contributed by atoms with Gasteiger partial charge < -0.3 is 10.4 Å². The topological polar surface area (TPSA) is 58.0 Å². The van der Waals surface area contributed by atoms with Gasteiger partial charge in [-0.1, -0.05) is 38.1 Å². The van der Waals surface area contributed by atoms with E-state index in [1.807, 2.05) is 24.3 Å². The molecule has 2 aromatic rings. The molecule has 0 spiro atoms. The Labute approximate surface area is 101 Å². The van der Waals surface area contributed by atoms with Gasteiger partial charge >= 0.3 is 0 Å². The van der Waals surface area contributed by atoms with Gasteiger partial charge in [0.25, 0.3) is 0 Å². The van der Waals surface area contributed by atoms with Gasteiger partial charge in [-0.25, -0.2) is 0 Å². The van der Waals surface area contributed by atoms with Gasteiger partial charge in [0.2, 0.25) is 0 Å². The molecule has 1 atom stereocenters. The molecule has 2 N–H and O–H groups in total. The highest BCUT2D eigenvalue weighted by atomic mass is 16.3.